The van der Waals surface area contributed by atoms with Crippen LogP contribution in [0.5, 0.6) is 0 Å². The molecule has 0 saturated carbocycles. The number of hydrogen-bond acceptors (Lipinski definition) is 4. The van der Waals surface area contributed by atoms with Gasteiger partial charge in [0, 0.05) is 37.6 Å². The summed E-state index contributed by atoms with van der Waals surface area (Å²) < 4.78 is 5.11. The lowest BCUT2D eigenvalue weighted by atomic mass is 9.99. The zero-order valence-electron chi connectivity index (χ0n) is 15.5. The molecule has 138 valence electrons. The second-order valence-electron chi connectivity index (χ2n) is 6.98. The van der Waals surface area contributed by atoms with E-state index >= 15 is 0 Å². The predicted molar refractivity (Wildman–Crippen MR) is 105 cm³/mol. The molecule has 0 spiro atoms. The SMILES string of the molecule is COCCN1C[C@@H](Cc2nc(-c3ccccc3)nc3ccccc23)CC1=O. The van der Waals surface area contributed by atoms with Crippen molar-refractivity contribution < 1.29 is 9.53 Å². The first-order chi connectivity index (χ1) is 13.2. The quantitative estimate of drug-likeness (QED) is 0.676. The highest BCUT2D eigenvalue weighted by Gasteiger charge is 2.30. The summed E-state index contributed by atoms with van der Waals surface area (Å²) in [6.45, 7) is 2.00. The van der Waals surface area contributed by atoms with Crippen molar-refractivity contribution in [2.75, 3.05) is 26.8 Å². The number of amides is 1. The summed E-state index contributed by atoms with van der Waals surface area (Å²) >= 11 is 0. The van der Waals surface area contributed by atoms with Gasteiger partial charge in [-0.2, -0.15) is 0 Å². The van der Waals surface area contributed by atoms with Crippen molar-refractivity contribution in [3.05, 3.63) is 60.3 Å². The van der Waals surface area contributed by atoms with Crippen molar-refractivity contribution in [3.63, 3.8) is 0 Å². The summed E-state index contributed by atoms with van der Waals surface area (Å²) in [5, 5.41) is 1.07. The molecule has 5 heteroatoms. The molecule has 0 bridgehead atoms. The van der Waals surface area contributed by atoms with Crippen molar-refractivity contribution in [1.82, 2.24) is 14.9 Å². The maximum atomic E-state index is 12.3. The molecular formula is C22H23N3O2. The maximum Gasteiger partial charge on any atom is 0.223 e. The fraction of sp³-hybridized carbons (Fsp3) is 0.318. The molecule has 1 saturated heterocycles. The number of fused-ring (bicyclic) bond motifs is 1. The summed E-state index contributed by atoms with van der Waals surface area (Å²) in [4.78, 5) is 23.8. The van der Waals surface area contributed by atoms with Crippen LogP contribution < -0.4 is 0 Å². The molecule has 1 fully saturated rings. The fourth-order valence-corrected chi connectivity index (χ4v) is 3.70. The van der Waals surface area contributed by atoms with Crippen LogP contribution in [0.4, 0.5) is 0 Å². The van der Waals surface area contributed by atoms with E-state index in [1.165, 1.54) is 0 Å². The second kappa shape index (κ2) is 7.84. The van der Waals surface area contributed by atoms with Crippen LogP contribution in [-0.2, 0) is 16.0 Å². The number of rotatable bonds is 6. The first kappa shape index (κ1) is 17.6. The van der Waals surface area contributed by atoms with Crippen LogP contribution in [-0.4, -0.2) is 47.6 Å². The van der Waals surface area contributed by atoms with Crippen LogP contribution >= 0.6 is 0 Å². The molecule has 1 atom stereocenters. The van der Waals surface area contributed by atoms with E-state index in [1.54, 1.807) is 7.11 Å². The van der Waals surface area contributed by atoms with E-state index in [4.69, 9.17) is 14.7 Å². The number of likely N-dealkylation sites (tertiary alicyclic amines) is 1. The standard InChI is InChI=1S/C22H23N3O2/c1-27-12-11-25-15-16(14-21(25)26)13-20-18-9-5-6-10-19(18)23-22(24-20)17-7-3-2-4-8-17/h2-10,16H,11-15H2,1H3/t16-/m0/s1. The minimum Gasteiger partial charge on any atom is -0.383 e. The number of aromatic nitrogens is 2. The smallest absolute Gasteiger partial charge is 0.223 e. The van der Waals surface area contributed by atoms with Crippen molar-refractivity contribution in [2.45, 2.75) is 12.8 Å². The van der Waals surface area contributed by atoms with Gasteiger partial charge in [-0.1, -0.05) is 48.5 Å². The number of carbonyl (C=O) groups excluding carboxylic acids is 1. The first-order valence-electron chi connectivity index (χ1n) is 9.32. The number of nitrogens with zero attached hydrogens (tertiary/aromatic N) is 3. The van der Waals surface area contributed by atoms with E-state index in [1.807, 2.05) is 53.4 Å². The Hall–Kier alpha value is -2.79. The van der Waals surface area contributed by atoms with Crippen LogP contribution in [0.1, 0.15) is 12.1 Å². The lowest BCUT2D eigenvalue weighted by molar-refractivity contribution is -0.128. The molecule has 2 aromatic carbocycles. The molecule has 0 radical (unpaired) electrons. The Morgan fingerprint density at radius 3 is 2.67 bits per heavy atom. The number of benzene rings is 2. The normalized spacial score (nSPS) is 17.0. The summed E-state index contributed by atoms with van der Waals surface area (Å²) in [6.07, 6.45) is 1.35. The van der Waals surface area contributed by atoms with Crippen molar-refractivity contribution in [3.8, 4) is 11.4 Å². The summed E-state index contributed by atoms with van der Waals surface area (Å²) in [7, 11) is 1.66. The fourth-order valence-electron chi connectivity index (χ4n) is 3.70. The number of methoxy groups -OCH3 is 1. The zero-order valence-corrected chi connectivity index (χ0v) is 15.5. The first-order valence-corrected chi connectivity index (χ1v) is 9.32. The van der Waals surface area contributed by atoms with Crippen LogP contribution in [0.25, 0.3) is 22.3 Å². The van der Waals surface area contributed by atoms with E-state index in [0.29, 0.717) is 19.6 Å². The Kier molecular flexibility index (Phi) is 5.12. The van der Waals surface area contributed by atoms with Gasteiger partial charge in [0.2, 0.25) is 5.91 Å². The van der Waals surface area contributed by atoms with E-state index in [-0.39, 0.29) is 11.8 Å². The average Bonchev–Trinajstić information content (AvgIpc) is 3.06. The summed E-state index contributed by atoms with van der Waals surface area (Å²) in [6, 6.07) is 18.1. The summed E-state index contributed by atoms with van der Waals surface area (Å²) in [5.41, 5.74) is 2.97. The second-order valence-corrected chi connectivity index (χ2v) is 6.98. The Bertz CT molecular complexity index is 943. The Balaban J connectivity index is 1.64. The Labute approximate surface area is 159 Å². The van der Waals surface area contributed by atoms with Gasteiger partial charge in [0.05, 0.1) is 17.8 Å². The maximum absolute atomic E-state index is 12.3. The van der Waals surface area contributed by atoms with Gasteiger partial charge >= 0.3 is 0 Å². The van der Waals surface area contributed by atoms with Gasteiger partial charge in [-0.15, -0.1) is 0 Å². The average molecular weight is 361 g/mol. The van der Waals surface area contributed by atoms with Gasteiger partial charge in [0.25, 0.3) is 0 Å². The molecule has 2 heterocycles. The highest BCUT2D eigenvalue weighted by atomic mass is 16.5. The van der Waals surface area contributed by atoms with E-state index < -0.39 is 0 Å². The monoisotopic (exact) mass is 361 g/mol. The molecule has 1 aromatic heterocycles. The summed E-state index contributed by atoms with van der Waals surface area (Å²) in [5.74, 6) is 1.22. The van der Waals surface area contributed by atoms with Gasteiger partial charge in [-0.05, 0) is 18.4 Å². The molecule has 0 unspecified atom stereocenters. The number of hydrogen-bond donors (Lipinski definition) is 0. The zero-order chi connectivity index (χ0) is 18.6. The Morgan fingerprint density at radius 2 is 1.85 bits per heavy atom. The molecule has 3 aromatic rings. The van der Waals surface area contributed by atoms with Crippen LogP contribution in [0.3, 0.4) is 0 Å². The van der Waals surface area contributed by atoms with Crippen molar-refractivity contribution >= 4 is 16.8 Å². The van der Waals surface area contributed by atoms with Crippen molar-refractivity contribution in [1.29, 1.82) is 0 Å². The molecule has 0 aliphatic carbocycles. The topological polar surface area (TPSA) is 55.3 Å². The number of ether oxygens (including phenoxy) is 1. The van der Waals surface area contributed by atoms with Gasteiger partial charge in [0.1, 0.15) is 0 Å². The van der Waals surface area contributed by atoms with Crippen LogP contribution in [0.15, 0.2) is 54.6 Å². The minimum absolute atomic E-state index is 0.207. The molecule has 1 aliphatic rings. The molecule has 1 amide bonds. The van der Waals surface area contributed by atoms with E-state index in [0.717, 1.165) is 41.0 Å². The van der Waals surface area contributed by atoms with Crippen LogP contribution in [0.2, 0.25) is 0 Å². The molecule has 5 nitrogen and oxygen atoms in total. The van der Waals surface area contributed by atoms with Gasteiger partial charge in [0.15, 0.2) is 5.82 Å². The molecule has 0 N–H and O–H groups in total. The highest BCUT2D eigenvalue weighted by Crippen LogP contribution is 2.27. The van der Waals surface area contributed by atoms with Gasteiger partial charge < -0.3 is 9.64 Å². The number of carbonyl (C=O) groups is 1. The van der Waals surface area contributed by atoms with Gasteiger partial charge in [-0.3, -0.25) is 4.79 Å². The Morgan fingerprint density at radius 1 is 1.07 bits per heavy atom. The minimum atomic E-state index is 0.207. The van der Waals surface area contributed by atoms with Crippen LogP contribution in [0, 0.1) is 5.92 Å². The molecule has 4 rings (SSSR count). The molecule has 27 heavy (non-hydrogen) atoms. The molecule has 1 aliphatic heterocycles. The molecular weight excluding hydrogens is 338 g/mol. The third kappa shape index (κ3) is 3.83. The van der Waals surface area contributed by atoms with Crippen molar-refractivity contribution in [2.24, 2.45) is 5.92 Å². The third-order valence-electron chi connectivity index (χ3n) is 5.06. The largest absolute Gasteiger partial charge is 0.383 e. The highest BCUT2D eigenvalue weighted by molar-refractivity contribution is 5.83. The predicted octanol–water partition coefficient (Wildman–Crippen LogP) is 3.33. The lowest BCUT2D eigenvalue weighted by Crippen LogP contribution is -2.29. The van der Waals surface area contributed by atoms with Gasteiger partial charge in [-0.25, -0.2) is 9.97 Å². The number of para-hydroxylation sites is 1. The van der Waals surface area contributed by atoms with E-state index in [9.17, 15) is 4.79 Å². The third-order valence-corrected chi connectivity index (χ3v) is 5.06. The lowest BCUT2D eigenvalue weighted by Gasteiger charge is -2.16. The van der Waals surface area contributed by atoms with E-state index in [2.05, 4.69) is 6.07 Å².